The lowest BCUT2D eigenvalue weighted by molar-refractivity contribution is -0.145. The Bertz CT molecular complexity index is 464. The summed E-state index contributed by atoms with van der Waals surface area (Å²) in [6.07, 6.45) is 0.453. The SMILES string of the molecule is CCOC(=O)CCC(=O)N1CCC2(C1)NC(=O)NC2=O. The molecule has 2 aliphatic heterocycles. The lowest BCUT2D eigenvalue weighted by Gasteiger charge is -2.21. The maximum atomic E-state index is 12.0. The first-order chi connectivity index (χ1) is 9.47. The van der Waals surface area contributed by atoms with E-state index in [1.54, 1.807) is 6.92 Å². The van der Waals surface area contributed by atoms with Crippen molar-refractivity contribution in [2.24, 2.45) is 0 Å². The molecule has 2 aliphatic rings. The van der Waals surface area contributed by atoms with Crippen LogP contribution in [-0.2, 0) is 19.1 Å². The van der Waals surface area contributed by atoms with Crippen LogP contribution in [0, 0.1) is 0 Å². The second-order valence-corrected chi connectivity index (χ2v) is 4.86. The number of carbonyl (C=O) groups excluding carboxylic acids is 4. The monoisotopic (exact) mass is 283 g/mol. The summed E-state index contributed by atoms with van der Waals surface area (Å²) in [5.41, 5.74) is -1.00. The first-order valence-electron chi connectivity index (χ1n) is 6.54. The molecule has 0 bridgehead atoms. The number of ether oxygens (including phenoxy) is 1. The summed E-state index contributed by atoms with van der Waals surface area (Å²) in [6, 6.07) is -0.532. The molecule has 8 heteroatoms. The van der Waals surface area contributed by atoms with Gasteiger partial charge < -0.3 is 15.0 Å². The van der Waals surface area contributed by atoms with Gasteiger partial charge in [0.25, 0.3) is 5.91 Å². The van der Waals surface area contributed by atoms with Crippen LogP contribution in [0.15, 0.2) is 0 Å². The van der Waals surface area contributed by atoms with E-state index in [1.165, 1.54) is 4.90 Å². The highest BCUT2D eigenvalue weighted by Crippen LogP contribution is 2.25. The zero-order valence-electron chi connectivity index (χ0n) is 11.2. The number of urea groups is 1. The number of esters is 1. The Morgan fingerprint density at radius 3 is 2.70 bits per heavy atom. The van der Waals surface area contributed by atoms with Gasteiger partial charge in [-0.3, -0.25) is 19.7 Å². The normalized spacial score (nSPS) is 24.8. The average Bonchev–Trinajstić information content (AvgIpc) is 2.92. The van der Waals surface area contributed by atoms with Crippen molar-refractivity contribution in [2.75, 3.05) is 19.7 Å². The van der Waals surface area contributed by atoms with Gasteiger partial charge in [0.05, 0.1) is 19.6 Å². The van der Waals surface area contributed by atoms with E-state index in [-0.39, 0.29) is 31.9 Å². The van der Waals surface area contributed by atoms with Crippen LogP contribution in [-0.4, -0.2) is 54.0 Å². The van der Waals surface area contributed by atoms with Gasteiger partial charge in [0, 0.05) is 13.0 Å². The molecular weight excluding hydrogens is 266 g/mol. The molecule has 1 atom stereocenters. The van der Waals surface area contributed by atoms with Gasteiger partial charge in [-0.2, -0.15) is 0 Å². The Balaban J connectivity index is 1.86. The molecular formula is C12H17N3O5. The molecule has 2 saturated heterocycles. The molecule has 8 nitrogen and oxygen atoms in total. The summed E-state index contributed by atoms with van der Waals surface area (Å²) in [4.78, 5) is 47.5. The van der Waals surface area contributed by atoms with Crippen molar-refractivity contribution in [3.63, 3.8) is 0 Å². The molecule has 2 fully saturated rings. The maximum absolute atomic E-state index is 12.0. The maximum Gasteiger partial charge on any atom is 0.322 e. The third-order valence-electron chi connectivity index (χ3n) is 3.48. The smallest absolute Gasteiger partial charge is 0.322 e. The minimum atomic E-state index is -1.00. The number of hydrogen-bond donors (Lipinski definition) is 2. The van der Waals surface area contributed by atoms with Gasteiger partial charge in [0.2, 0.25) is 5.91 Å². The van der Waals surface area contributed by atoms with E-state index in [0.29, 0.717) is 13.0 Å². The van der Waals surface area contributed by atoms with E-state index in [4.69, 9.17) is 4.74 Å². The lowest BCUT2D eigenvalue weighted by Crippen LogP contribution is -2.49. The zero-order valence-corrected chi connectivity index (χ0v) is 11.2. The fourth-order valence-corrected chi connectivity index (χ4v) is 2.44. The first kappa shape index (κ1) is 14.3. The van der Waals surface area contributed by atoms with Gasteiger partial charge in [-0.05, 0) is 13.3 Å². The molecule has 20 heavy (non-hydrogen) atoms. The average molecular weight is 283 g/mol. The van der Waals surface area contributed by atoms with E-state index < -0.39 is 23.4 Å². The first-order valence-corrected chi connectivity index (χ1v) is 6.54. The van der Waals surface area contributed by atoms with Gasteiger partial charge in [0.1, 0.15) is 5.54 Å². The Morgan fingerprint density at radius 1 is 1.35 bits per heavy atom. The summed E-state index contributed by atoms with van der Waals surface area (Å²) in [5, 5.41) is 4.74. The molecule has 0 radical (unpaired) electrons. The molecule has 1 spiro atoms. The van der Waals surface area contributed by atoms with Crippen LogP contribution in [0.25, 0.3) is 0 Å². The summed E-state index contributed by atoms with van der Waals surface area (Å²) in [5.74, 6) is -1.03. The predicted molar refractivity (Wildman–Crippen MR) is 66.5 cm³/mol. The standard InChI is InChI=1S/C12H17N3O5/c1-2-20-9(17)4-3-8(16)15-6-5-12(7-15)10(18)13-11(19)14-12/h2-7H2,1H3,(H2,13,14,18,19). The second-order valence-electron chi connectivity index (χ2n) is 4.86. The van der Waals surface area contributed by atoms with E-state index in [2.05, 4.69) is 10.6 Å². The Hall–Kier alpha value is -2.12. The van der Waals surface area contributed by atoms with Crippen LogP contribution in [0.5, 0.6) is 0 Å². The van der Waals surface area contributed by atoms with E-state index >= 15 is 0 Å². The fraction of sp³-hybridized carbons (Fsp3) is 0.667. The van der Waals surface area contributed by atoms with Crippen LogP contribution in [0.3, 0.4) is 0 Å². The molecule has 2 rings (SSSR count). The van der Waals surface area contributed by atoms with Gasteiger partial charge >= 0.3 is 12.0 Å². The number of nitrogens with zero attached hydrogens (tertiary/aromatic N) is 1. The van der Waals surface area contributed by atoms with Crippen molar-refractivity contribution in [2.45, 2.75) is 31.7 Å². The molecule has 0 aromatic carbocycles. The van der Waals surface area contributed by atoms with Crippen LogP contribution in [0.2, 0.25) is 0 Å². The largest absolute Gasteiger partial charge is 0.466 e. The summed E-state index contributed by atoms with van der Waals surface area (Å²) < 4.78 is 4.75. The lowest BCUT2D eigenvalue weighted by atomic mass is 9.99. The van der Waals surface area contributed by atoms with Crippen molar-refractivity contribution < 1.29 is 23.9 Å². The van der Waals surface area contributed by atoms with Crippen LogP contribution in [0.4, 0.5) is 4.79 Å². The number of likely N-dealkylation sites (tertiary alicyclic amines) is 1. The third kappa shape index (κ3) is 2.73. The summed E-state index contributed by atoms with van der Waals surface area (Å²) >= 11 is 0. The fourth-order valence-electron chi connectivity index (χ4n) is 2.44. The van der Waals surface area contributed by atoms with Crippen molar-refractivity contribution in [3.05, 3.63) is 0 Å². The molecule has 0 saturated carbocycles. The Morgan fingerprint density at radius 2 is 2.10 bits per heavy atom. The van der Waals surface area contributed by atoms with Crippen LogP contribution >= 0.6 is 0 Å². The van der Waals surface area contributed by atoms with Crippen LogP contribution < -0.4 is 10.6 Å². The summed E-state index contributed by atoms with van der Waals surface area (Å²) in [7, 11) is 0. The number of imide groups is 1. The minimum Gasteiger partial charge on any atom is -0.466 e. The molecule has 2 N–H and O–H groups in total. The van der Waals surface area contributed by atoms with Crippen LogP contribution in [0.1, 0.15) is 26.2 Å². The third-order valence-corrected chi connectivity index (χ3v) is 3.48. The predicted octanol–water partition coefficient (Wildman–Crippen LogP) is -0.860. The summed E-state index contributed by atoms with van der Waals surface area (Å²) in [6.45, 7) is 2.51. The molecule has 0 aromatic heterocycles. The number of carbonyl (C=O) groups is 4. The van der Waals surface area contributed by atoms with E-state index in [1.807, 2.05) is 0 Å². The Labute approximate surface area is 115 Å². The Kier molecular flexibility index (Phi) is 3.91. The highest BCUT2D eigenvalue weighted by atomic mass is 16.5. The highest BCUT2D eigenvalue weighted by molar-refractivity contribution is 6.07. The van der Waals surface area contributed by atoms with Gasteiger partial charge in [-0.25, -0.2) is 4.79 Å². The zero-order chi connectivity index (χ0) is 14.8. The van der Waals surface area contributed by atoms with Crippen molar-refractivity contribution in [1.82, 2.24) is 15.5 Å². The molecule has 110 valence electrons. The molecule has 2 heterocycles. The number of nitrogens with one attached hydrogen (secondary N) is 2. The molecule has 0 aliphatic carbocycles. The topological polar surface area (TPSA) is 105 Å². The van der Waals surface area contributed by atoms with Gasteiger partial charge in [-0.15, -0.1) is 0 Å². The highest BCUT2D eigenvalue weighted by Gasteiger charge is 2.51. The van der Waals surface area contributed by atoms with Gasteiger partial charge in [-0.1, -0.05) is 0 Å². The van der Waals surface area contributed by atoms with E-state index in [9.17, 15) is 19.2 Å². The van der Waals surface area contributed by atoms with Crippen molar-refractivity contribution in [3.8, 4) is 0 Å². The van der Waals surface area contributed by atoms with Crippen molar-refractivity contribution >= 4 is 23.8 Å². The molecule has 0 aromatic rings. The molecule has 1 unspecified atom stereocenters. The number of rotatable bonds is 4. The minimum absolute atomic E-state index is 0.0225. The number of amides is 4. The quantitative estimate of drug-likeness (QED) is 0.516. The number of hydrogen-bond acceptors (Lipinski definition) is 5. The van der Waals surface area contributed by atoms with E-state index in [0.717, 1.165) is 0 Å². The second kappa shape index (κ2) is 5.48. The van der Waals surface area contributed by atoms with Crippen molar-refractivity contribution in [1.29, 1.82) is 0 Å². The van der Waals surface area contributed by atoms with Gasteiger partial charge in [0.15, 0.2) is 0 Å². The molecule has 4 amide bonds.